The topological polar surface area (TPSA) is 8.17 Å². The monoisotopic (exact) mass is 690 g/mol. The Hall–Kier alpha value is -6.90. The van der Waals surface area contributed by atoms with Crippen LogP contribution >= 0.6 is 0 Å². The van der Waals surface area contributed by atoms with Gasteiger partial charge in [-0.25, -0.2) is 0 Å². The van der Waals surface area contributed by atoms with Gasteiger partial charge in [-0.2, -0.15) is 0 Å². The lowest BCUT2D eigenvalue weighted by atomic mass is 9.97. The Morgan fingerprint density at radius 2 is 0.981 bits per heavy atom. The number of rotatable bonds is 7. The zero-order chi connectivity index (χ0) is 35.8. The van der Waals surface area contributed by atoms with Gasteiger partial charge in [-0.1, -0.05) is 146 Å². The molecule has 1 aliphatic carbocycles. The number of para-hydroxylation sites is 2. The van der Waals surface area contributed by atoms with Gasteiger partial charge in [0.05, 0.1) is 11.0 Å². The predicted octanol–water partition coefficient (Wildman–Crippen LogP) is 14.5. The molecule has 1 aliphatic rings. The molecule has 1 heterocycles. The van der Waals surface area contributed by atoms with E-state index >= 15 is 0 Å². The first-order valence-corrected chi connectivity index (χ1v) is 18.8. The third-order valence-corrected chi connectivity index (χ3v) is 10.9. The Bertz CT molecular complexity index is 2820. The summed E-state index contributed by atoms with van der Waals surface area (Å²) >= 11 is 0. The van der Waals surface area contributed by atoms with Crippen LogP contribution in [-0.4, -0.2) is 4.57 Å². The highest BCUT2D eigenvalue weighted by Crippen LogP contribution is 2.40. The van der Waals surface area contributed by atoms with E-state index in [0.29, 0.717) is 0 Å². The van der Waals surface area contributed by atoms with Crippen LogP contribution in [0.25, 0.3) is 66.1 Å². The van der Waals surface area contributed by atoms with Crippen molar-refractivity contribution in [2.24, 2.45) is 0 Å². The van der Waals surface area contributed by atoms with Crippen LogP contribution in [0, 0.1) is 0 Å². The van der Waals surface area contributed by atoms with Gasteiger partial charge in [0.25, 0.3) is 0 Å². The molecule has 0 N–H and O–H groups in total. The smallest absolute Gasteiger partial charge is 0.0619 e. The van der Waals surface area contributed by atoms with Gasteiger partial charge in [0.2, 0.25) is 0 Å². The quantitative estimate of drug-likeness (QED) is 0.162. The molecule has 2 nitrogen and oxygen atoms in total. The first-order chi connectivity index (χ1) is 26.8. The molecule has 0 atom stereocenters. The van der Waals surface area contributed by atoms with E-state index in [4.69, 9.17) is 0 Å². The molecule has 0 aliphatic heterocycles. The number of hydrogen-bond acceptors (Lipinski definition) is 1. The number of aromatic nitrogens is 1. The molecule has 0 unspecified atom stereocenters. The summed E-state index contributed by atoms with van der Waals surface area (Å²) in [5, 5.41) is 5.03. The molecule has 1 aromatic heterocycles. The van der Waals surface area contributed by atoms with E-state index in [1.54, 1.807) is 0 Å². The van der Waals surface area contributed by atoms with Crippen molar-refractivity contribution in [2.45, 2.75) is 12.8 Å². The lowest BCUT2D eigenvalue weighted by molar-refractivity contribution is 1.05. The van der Waals surface area contributed by atoms with Crippen molar-refractivity contribution in [3.05, 3.63) is 212 Å². The molecular weight excluding hydrogens is 653 g/mol. The Balaban J connectivity index is 1.03. The minimum atomic E-state index is 1.08. The van der Waals surface area contributed by atoms with E-state index in [1.165, 1.54) is 71.7 Å². The van der Waals surface area contributed by atoms with Crippen molar-refractivity contribution in [3.8, 4) is 27.9 Å². The number of benzene rings is 8. The molecule has 10 rings (SSSR count). The van der Waals surface area contributed by atoms with Gasteiger partial charge in [-0.3, -0.25) is 0 Å². The summed E-state index contributed by atoms with van der Waals surface area (Å²) in [5.74, 6) is 0. The van der Waals surface area contributed by atoms with Gasteiger partial charge in [0, 0.05) is 38.9 Å². The second kappa shape index (κ2) is 13.6. The van der Waals surface area contributed by atoms with Crippen molar-refractivity contribution in [1.29, 1.82) is 0 Å². The first-order valence-electron chi connectivity index (χ1n) is 18.8. The molecule has 0 saturated carbocycles. The normalized spacial score (nSPS) is 12.7. The molecular formula is C52H38N2. The summed E-state index contributed by atoms with van der Waals surface area (Å²) in [6.07, 6.45) is 8.84. The molecule has 256 valence electrons. The van der Waals surface area contributed by atoms with Crippen molar-refractivity contribution in [3.63, 3.8) is 0 Å². The number of nitrogens with zero attached hydrogens (tertiary/aromatic N) is 2. The van der Waals surface area contributed by atoms with E-state index in [0.717, 1.165) is 29.9 Å². The summed E-state index contributed by atoms with van der Waals surface area (Å²) in [7, 11) is 0. The number of allylic oxidation sites excluding steroid dienone is 4. The SMILES string of the molecule is C1=CCCC(c2ccc(N(c3ccc(-c4ccccc4)cc3)c3ccc(-c4ccc5c(ccc6c7ccccc7n(-c7ccccc7)c56)c4)cc3)cc2)=C1. The Kier molecular flexibility index (Phi) is 8.00. The highest BCUT2D eigenvalue weighted by atomic mass is 15.1. The Labute approximate surface area is 316 Å². The van der Waals surface area contributed by atoms with Gasteiger partial charge in [0.1, 0.15) is 0 Å². The van der Waals surface area contributed by atoms with E-state index in [9.17, 15) is 0 Å². The average molecular weight is 691 g/mol. The van der Waals surface area contributed by atoms with E-state index in [2.05, 4.69) is 216 Å². The van der Waals surface area contributed by atoms with Crippen molar-refractivity contribution in [2.75, 3.05) is 4.90 Å². The maximum atomic E-state index is 2.41. The summed E-state index contributed by atoms with van der Waals surface area (Å²) < 4.78 is 2.41. The lowest BCUT2D eigenvalue weighted by Gasteiger charge is -2.26. The molecule has 2 heteroatoms. The molecule has 9 aromatic rings. The van der Waals surface area contributed by atoms with Crippen LogP contribution in [0.15, 0.2) is 206 Å². The van der Waals surface area contributed by atoms with Crippen molar-refractivity contribution >= 4 is 55.2 Å². The molecule has 0 fully saturated rings. The first kappa shape index (κ1) is 31.8. The van der Waals surface area contributed by atoms with Crippen LogP contribution in [0.4, 0.5) is 17.1 Å². The van der Waals surface area contributed by atoms with Crippen LogP contribution in [-0.2, 0) is 0 Å². The highest BCUT2D eigenvalue weighted by Gasteiger charge is 2.17. The second-order valence-corrected chi connectivity index (χ2v) is 14.1. The third kappa shape index (κ3) is 5.70. The van der Waals surface area contributed by atoms with Gasteiger partial charge >= 0.3 is 0 Å². The molecule has 0 saturated heterocycles. The minimum Gasteiger partial charge on any atom is -0.311 e. The summed E-state index contributed by atoms with van der Waals surface area (Å²) in [6, 6.07) is 68.5. The van der Waals surface area contributed by atoms with Crippen LogP contribution in [0.2, 0.25) is 0 Å². The van der Waals surface area contributed by atoms with Crippen LogP contribution in [0.5, 0.6) is 0 Å². The third-order valence-electron chi connectivity index (χ3n) is 10.9. The van der Waals surface area contributed by atoms with Crippen molar-refractivity contribution in [1.82, 2.24) is 4.57 Å². The zero-order valence-electron chi connectivity index (χ0n) is 29.9. The molecule has 54 heavy (non-hydrogen) atoms. The number of anilines is 3. The average Bonchev–Trinajstić information content (AvgIpc) is 3.60. The maximum absolute atomic E-state index is 2.41. The standard InChI is InChI=1S/C52H38N2/c1-4-12-37(13-5-1)39-20-28-45(29-21-39)53(46-30-22-40(23-31-46)38-14-6-2-7-15-38)47-32-24-41(25-33-47)42-26-34-48-43(36-42)27-35-50-49-18-10-11-19-51(49)54(52(48)50)44-16-8-3-9-17-44/h1-6,8-14,16-36H,7,15H2. The molecule has 0 radical (unpaired) electrons. The Morgan fingerprint density at radius 3 is 1.65 bits per heavy atom. The number of hydrogen-bond donors (Lipinski definition) is 0. The summed E-state index contributed by atoms with van der Waals surface area (Å²) in [6.45, 7) is 0. The maximum Gasteiger partial charge on any atom is 0.0619 e. The highest BCUT2D eigenvalue weighted by molar-refractivity contribution is 6.19. The zero-order valence-corrected chi connectivity index (χ0v) is 29.9. The van der Waals surface area contributed by atoms with Gasteiger partial charge < -0.3 is 9.47 Å². The van der Waals surface area contributed by atoms with E-state index in [-0.39, 0.29) is 0 Å². The van der Waals surface area contributed by atoms with Crippen LogP contribution in [0.3, 0.4) is 0 Å². The van der Waals surface area contributed by atoms with Gasteiger partial charge in [0.15, 0.2) is 0 Å². The second-order valence-electron chi connectivity index (χ2n) is 14.1. The van der Waals surface area contributed by atoms with Gasteiger partial charge in [-0.05, 0) is 112 Å². The molecule has 0 spiro atoms. The summed E-state index contributed by atoms with van der Waals surface area (Å²) in [4.78, 5) is 2.36. The van der Waals surface area contributed by atoms with Crippen LogP contribution in [0.1, 0.15) is 18.4 Å². The lowest BCUT2D eigenvalue weighted by Crippen LogP contribution is -2.10. The van der Waals surface area contributed by atoms with Crippen molar-refractivity contribution < 1.29 is 0 Å². The molecule has 0 bridgehead atoms. The van der Waals surface area contributed by atoms with E-state index < -0.39 is 0 Å². The summed E-state index contributed by atoms with van der Waals surface area (Å²) in [5.41, 5.74) is 14.5. The van der Waals surface area contributed by atoms with E-state index in [1.807, 2.05) is 0 Å². The Morgan fingerprint density at radius 1 is 0.426 bits per heavy atom. The minimum absolute atomic E-state index is 1.08. The predicted molar refractivity (Wildman–Crippen MR) is 230 cm³/mol. The molecule has 8 aromatic carbocycles. The van der Waals surface area contributed by atoms with Gasteiger partial charge in [-0.15, -0.1) is 0 Å². The fourth-order valence-electron chi connectivity index (χ4n) is 8.16. The fourth-order valence-corrected chi connectivity index (χ4v) is 8.16. The van der Waals surface area contributed by atoms with Crippen LogP contribution < -0.4 is 4.90 Å². The fraction of sp³-hybridized carbons (Fsp3) is 0.0385. The number of fused-ring (bicyclic) bond motifs is 5. The molecule has 0 amide bonds. The largest absolute Gasteiger partial charge is 0.311 e.